The molecule has 2 heterocycles. The molecule has 1 aliphatic heterocycles. The molecule has 0 aliphatic carbocycles. The van der Waals surface area contributed by atoms with Gasteiger partial charge in [-0.15, -0.1) is 11.8 Å². The minimum Gasteiger partial charge on any atom is -0.497 e. The Balaban J connectivity index is 1.71. The summed E-state index contributed by atoms with van der Waals surface area (Å²) in [6, 6.07) is 5.18. The Morgan fingerprint density at radius 1 is 1.41 bits per heavy atom. The van der Waals surface area contributed by atoms with E-state index in [9.17, 15) is 9.59 Å². The quantitative estimate of drug-likeness (QED) is 0.582. The Kier molecular flexibility index (Phi) is 6.01. The zero-order valence-electron chi connectivity index (χ0n) is 15.6. The molecular formula is C18H21N3O4S2. The summed E-state index contributed by atoms with van der Waals surface area (Å²) in [6.45, 7) is 2.08. The second-order valence-electron chi connectivity index (χ2n) is 6.07. The average Bonchev–Trinajstić information content (AvgIpc) is 3.04. The van der Waals surface area contributed by atoms with Gasteiger partial charge in [0.25, 0.3) is 5.56 Å². The SMILES string of the molecule is COc1ccc(OC)c(NC(=O)CSc2nc3c(c(=O)n2C)S[C@@H](C)C3)c1. The molecule has 0 spiro atoms. The maximum Gasteiger partial charge on any atom is 0.267 e. The molecule has 1 amide bonds. The van der Waals surface area contributed by atoms with Crippen molar-refractivity contribution in [3.63, 3.8) is 0 Å². The van der Waals surface area contributed by atoms with Gasteiger partial charge in [0.1, 0.15) is 11.5 Å². The third-order valence-corrected chi connectivity index (χ3v) is 6.34. The molecule has 1 aromatic carbocycles. The fourth-order valence-corrected chi connectivity index (χ4v) is 4.66. The molecule has 7 nitrogen and oxygen atoms in total. The minimum absolute atomic E-state index is 0.0493. The van der Waals surface area contributed by atoms with Crippen molar-refractivity contribution in [2.75, 3.05) is 25.3 Å². The van der Waals surface area contributed by atoms with Crippen LogP contribution in [0, 0.1) is 0 Å². The number of nitrogens with zero attached hydrogens (tertiary/aromatic N) is 2. The fourth-order valence-electron chi connectivity index (χ4n) is 2.73. The van der Waals surface area contributed by atoms with Gasteiger partial charge in [0.05, 0.1) is 36.2 Å². The molecule has 0 saturated heterocycles. The summed E-state index contributed by atoms with van der Waals surface area (Å²) >= 11 is 2.80. The molecular weight excluding hydrogens is 386 g/mol. The molecule has 9 heteroatoms. The molecule has 1 N–H and O–H groups in total. The molecule has 1 aromatic heterocycles. The van der Waals surface area contributed by atoms with Gasteiger partial charge in [-0.05, 0) is 12.1 Å². The van der Waals surface area contributed by atoms with E-state index in [1.165, 1.54) is 23.4 Å². The summed E-state index contributed by atoms with van der Waals surface area (Å²) in [5.41, 5.74) is 1.31. The van der Waals surface area contributed by atoms with Gasteiger partial charge in [0.2, 0.25) is 5.91 Å². The lowest BCUT2D eigenvalue weighted by molar-refractivity contribution is -0.113. The van der Waals surface area contributed by atoms with E-state index < -0.39 is 0 Å². The molecule has 1 atom stereocenters. The predicted molar refractivity (Wildman–Crippen MR) is 107 cm³/mol. The van der Waals surface area contributed by atoms with Gasteiger partial charge in [-0.3, -0.25) is 14.2 Å². The molecule has 2 aromatic rings. The van der Waals surface area contributed by atoms with E-state index in [0.29, 0.717) is 27.6 Å². The highest BCUT2D eigenvalue weighted by Gasteiger charge is 2.25. The highest BCUT2D eigenvalue weighted by Crippen LogP contribution is 2.34. The number of hydrogen-bond acceptors (Lipinski definition) is 7. The van der Waals surface area contributed by atoms with E-state index in [1.54, 1.807) is 44.1 Å². The molecule has 0 radical (unpaired) electrons. The summed E-state index contributed by atoms with van der Waals surface area (Å²) < 4.78 is 12.0. The van der Waals surface area contributed by atoms with E-state index in [1.807, 2.05) is 0 Å². The Morgan fingerprint density at radius 3 is 2.89 bits per heavy atom. The Morgan fingerprint density at radius 2 is 2.19 bits per heavy atom. The van der Waals surface area contributed by atoms with Crippen LogP contribution in [-0.2, 0) is 18.3 Å². The van der Waals surface area contributed by atoms with Gasteiger partial charge >= 0.3 is 0 Å². The van der Waals surface area contributed by atoms with Crippen LogP contribution in [0.1, 0.15) is 12.6 Å². The summed E-state index contributed by atoms with van der Waals surface area (Å²) in [5.74, 6) is 1.07. The second-order valence-corrected chi connectivity index (χ2v) is 8.46. The number of ether oxygens (including phenoxy) is 2. The zero-order valence-corrected chi connectivity index (χ0v) is 17.2. The normalized spacial score (nSPS) is 15.3. The van der Waals surface area contributed by atoms with Crippen LogP contribution in [0.3, 0.4) is 0 Å². The first-order valence-electron chi connectivity index (χ1n) is 8.34. The summed E-state index contributed by atoms with van der Waals surface area (Å²) in [6.07, 6.45) is 0.775. The van der Waals surface area contributed by atoms with Gasteiger partial charge in [0, 0.05) is 24.8 Å². The topological polar surface area (TPSA) is 82.5 Å². The van der Waals surface area contributed by atoms with Crippen molar-refractivity contribution in [1.82, 2.24) is 9.55 Å². The molecule has 1 aliphatic rings. The highest BCUT2D eigenvalue weighted by atomic mass is 32.2. The van der Waals surface area contributed by atoms with Gasteiger partial charge in [-0.25, -0.2) is 4.98 Å². The van der Waals surface area contributed by atoms with Crippen LogP contribution in [0.25, 0.3) is 0 Å². The van der Waals surface area contributed by atoms with E-state index in [4.69, 9.17) is 9.47 Å². The first kappa shape index (κ1) is 19.6. The van der Waals surface area contributed by atoms with E-state index >= 15 is 0 Å². The molecule has 3 rings (SSSR count). The first-order chi connectivity index (χ1) is 12.9. The molecule has 144 valence electrons. The molecule has 0 fully saturated rings. The molecule has 0 bridgehead atoms. The number of carbonyl (C=O) groups is 1. The number of aromatic nitrogens is 2. The van der Waals surface area contributed by atoms with Gasteiger partial charge in [0.15, 0.2) is 5.16 Å². The maximum absolute atomic E-state index is 12.5. The standard InChI is InChI=1S/C18H21N3O4S2/c1-10-7-13-16(27-10)17(23)21(2)18(20-13)26-9-15(22)19-12-8-11(24-3)5-6-14(12)25-4/h5-6,8,10H,7,9H2,1-4H3,(H,19,22)/t10-/m0/s1. The Labute approximate surface area is 165 Å². The molecule has 0 saturated carbocycles. The summed E-state index contributed by atoms with van der Waals surface area (Å²) in [5, 5.41) is 3.71. The monoisotopic (exact) mass is 407 g/mol. The Bertz CT molecular complexity index is 930. The number of rotatable bonds is 6. The lowest BCUT2D eigenvalue weighted by Crippen LogP contribution is -2.23. The van der Waals surface area contributed by atoms with Crippen molar-refractivity contribution in [2.45, 2.75) is 28.6 Å². The third kappa shape index (κ3) is 4.24. The van der Waals surface area contributed by atoms with Crippen LogP contribution in [0.5, 0.6) is 11.5 Å². The van der Waals surface area contributed by atoms with Crippen LogP contribution in [0.15, 0.2) is 33.0 Å². The summed E-state index contributed by atoms with van der Waals surface area (Å²) in [7, 11) is 4.78. The number of nitrogens with one attached hydrogen (secondary N) is 1. The Hall–Kier alpha value is -2.13. The third-order valence-electron chi connectivity index (χ3n) is 4.09. The van der Waals surface area contributed by atoms with Crippen molar-refractivity contribution < 1.29 is 14.3 Å². The number of anilines is 1. The number of fused-ring (bicyclic) bond motifs is 1. The smallest absolute Gasteiger partial charge is 0.267 e. The number of thioether (sulfide) groups is 2. The van der Waals surface area contributed by atoms with E-state index in [2.05, 4.69) is 17.2 Å². The number of carbonyl (C=O) groups excluding carboxylic acids is 1. The van der Waals surface area contributed by atoms with Crippen LogP contribution in [-0.4, -0.2) is 40.7 Å². The van der Waals surface area contributed by atoms with Crippen molar-refractivity contribution in [2.24, 2.45) is 7.05 Å². The maximum atomic E-state index is 12.5. The number of benzene rings is 1. The average molecular weight is 408 g/mol. The van der Waals surface area contributed by atoms with E-state index in [0.717, 1.165) is 17.0 Å². The fraction of sp³-hybridized carbons (Fsp3) is 0.389. The van der Waals surface area contributed by atoms with Crippen LogP contribution in [0.2, 0.25) is 0 Å². The van der Waals surface area contributed by atoms with E-state index in [-0.39, 0.29) is 17.2 Å². The van der Waals surface area contributed by atoms with Crippen LogP contribution >= 0.6 is 23.5 Å². The first-order valence-corrected chi connectivity index (χ1v) is 10.2. The van der Waals surface area contributed by atoms with Crippen LogP contribution < -0.4 is 20.3 Å². The van der Waals surface area contributed by atoms with Crippen molar-refractivity contribution in [3.8, 4) is 11.5 Å². The lowest BCUT2D eigenvalue weighted by Gasteiger charge is -2.12. The van der Waals surface area contributed by atoms with Gasteiger partial charge in [-0.1, -0.05) is 18.7 Å². The number of hydrogen-bond donors (Lipinski definition) is 1. The largest absolute Gasteiger partial charge is 0.497 e. The van der Waals surface area contributed by atoms with Crippen molar-refractivity contribution in [1.29, 1.82) is 0 Å². The second kappa shape index (κ2) is 8.26. The van der Waals surface area contributed by atoms with Gasteiger partial charge in [-0.2, -0.15) is 0 Å². The highest BCUT2D eigenvalue weighted by molar-refractivity contribution is 8.00. The number of amides is 1. The van der Waals surface area contributed by atoms with Crippen molar-refractivity contribution >= 4 is 35.1 Å². The predicted octanol–water partition coefficient (Wildman–Crippen LogP) is 2.57. The minimum atomic E-state index is -0.218. The number of methoxy groups -OCH3 is 2. The lowest BCUT2D eigenvalue weighted by atomic mass is 10.2. The molecule has 0 unspecified atom stereocenters. The summed E-state index contributed by atoms with van der Waals surface area (Å²) in [4.78, 5) is 30.2. The zero-order chi connectivity index (χ0) is 19.6. The van der Waals surface area contributed by atoms with Crippen molar-refractivity contribution in [3.05, 3.63) is 34.2 Å². The molecule has 27 heavy (non-hydrogen) atoms. The van der Waals surface area contributed by atoms with Gasteiger partial charge < -0.3 is 14.8 Å². The van der Waals surface area contributed by atoms with Crippen LogP contribution in [0.4, 0.5) is 5.69 Å².